The minimum absolute atomic E-state index is 0.0995. The van der Waals surface area contributed by atoms with Gasteiger partial charge < -0.3 is 16.4 Å². The highest BCUT2D eigenvalue weighted by atomic mass is 16.1. The van der Waals surface area contributed by atoms with Crippen LogP contribution in [0.5, 0.6) is 0 Å². The number of nitrogen functional groups attached to an aromatic ring is 1. The molecule has 0 unspecified atom stereocenters. The number of nitrogens with zero attached hydrogens (tertiary/aromatic N) is 3. The number of anilines is 1. The molecule has 0 radical (unpaired) electrons. The van der Waals surface area contributed by atoms with E-state index in [0.29, 0.717) is 36.0 Å². The predicted octanol–water partition coefficient (Wildman–Crippen LogP) is 0.763. The Kier molecular flexibility index (Phi) is 4.24. The lowest BCUT2D eigenvalue weighted by Crippen LogP contribution is -2.36. The summed E-state index contributed by atoms with van der Waals surface area (Å²) in [6.45, 7) is 5.46. The van der Waals surface area contributed by atoms with E-state index in [0.717, 1.165) is 31.6 Å². The molecule has 0 atom stereocenters. The molecule has 1 amide bonds. The molecule has 2 aromatic rings. The summed E-state index contributed by atoms with van der Waals surface area (Å²) in [7, 11) is 0. The van der Waals surface area contributed by atoms with Crippen LogP contribution in [0.2, 0.25) is 0 Å². The van der Waals surface area contributed by atoms with Crippen molar-refractivity contribution >= 4 is 23.0 Å². The SMILES string of the molecule is CCn1c(N)nc2cc(C(=O)NCC3CCNCC3)cnc21. The third-order valence-electron chi connectivity index (χ3n) is 4.20. The van der Waals surface area contributed by atoms with Crippen LogP contribution in [0.15, 0.2) is 12.3 Å². The summed E-state index contributed by atoms with van der Waals surface area (Å²) in [6, 6.07) is 1.75. The number of imidazole rings is 1. The molecule has 1 aliphatic heterocycles. The number of hydrogen-bond donors (Lipinski definition) is 3. The summed E-state index contributed by atoms with van der Waals surface area (Å²) in [4.78, 5) is 20.9. The van der Waals surface area contributed by atoms with Gasteiger partial charge in [-0.3, -0.25) is 9.36 Å². The van der Waals surface area contributed by atoms with Gasteiger partial charge in [-0.2, -0.15) is 0 Å². The first-order valence-corrected chi connectivity index (χ1v) is 7.79. The molecular weight excluding hydrogens is 280 g/mol. The van der Waals surface area contributed by atoms with Crippen molar-refractivity contribution in [2.24, 2.45) is 5.92 Å². The van der Waals surface area contributed by atoms with Crippen molar-refractivity contribution in [2.45, 2.75) is 26.3 Å². The zero-order chi connectivity index (χ0) is 15.5. The number of carbonyl (C=O) groups is 1. The van der Waals surface area contributed by atoms with Gasteiger partial charge in [0.25, 0.3) is 5.91 Å². The first kappa shape index (κ1) is 14.8. The molecule has 1 aliphatic rings. The van der Waals surface area contributed by atoms with Crippen LogP contribution in [-0.2, 0) is 6.54 Å². The summed E-state index contributed by atoms with van der Waals surface area (Å²) in [6.07, 6.45) is 3.80. The predicted molar refractivity (Wildman–Crippen MR) is 85.5 cm³/mol. The molecule has 4 N–H and O–H groups in total. The number of piperidine rings is 1. The number of carbonyl (C=O) groups excluding carboxylic acids is 1. The fourth-order valence-electron chi connectivity index (χ4n) is 2.89. The molecule has 7 heteroatoms. The van der Waals surface area contributed by atoms with Crippen molar-refractivity contribution in [1.29, 1.82) is 0 Å². The molecule has 7 nitrogen and oxygen atoms in total. The van der Waals surface area contributed by atoms with E-state index in [-0.39, 0.29) is 5.91 Å². The third-order valence-corrected chi connectivity index (χ3v) is 4.20. The van der Waals surface area contributed by atoms with E-state index < -0.39 is 0 Å². The van der Waals surface area contributed by atoms with E-state index in [1.165, 1.54) is 0 Å². The van der Waals surface area contributed by atoms with Gasteiger partial charge in [0.05, 0.1) is 5.56 Å². The zero-order valence-electron chi connectivity index (χ0n) is 12.8. The van der Waals surface area contributed by atoms with Crippen molar-refractivity contribution in [2.75, 3.05) is 25.4 Å². The van der Waals surface area contributed by atoms with Crippen molar-refractivity contribution in [3.05, 3.63) is 17.8 Å². The lowest BCUT2D eigenvalue weighted by Gasteiger charge is -2.22. The lowest BCUT2D eigenvalue weighted by atomic mass is 9.98. The van der Waals surface area contributed by atoms with E-state index in [4.69, 9.17) is 5.73 Å². The monoisotopic (exact) mass is 302 g/mol. The highest BCUT2D eigenvalue weighted by molar-refractivity contribution is 5.96. The van der Waals surface area contributed by atoms with E-state index in [1.54, 1.807) is 12.3 Å². The Hall–Kier alpha value is -2.15. The van der Waals surface area contributed by atoms with Gasteiger partial charge in [0.1, 0.15) is 5.52 Å². The average Bonchev–Trinajstić information content (AvgIpc) is 2.87. The quantitative estimate of drug-likeness (QED) is 0.774. The second-order valence-electron chi connectivity index (χ2n) is 5.68. The first-order chi connectivity index (χ1) is 10.7. The van der Waals surface area contributed by atoms with Crippen LogP contribution in [0.1, 0.15) is 30.1 Å². The standard InChI is InChI=1S/C15H22N6O/c1-2-21-13-12(20-15(21)16)7-11(9-18-13)14(22)19-8-10-3-5-17-6-4-10/h7,9-10,17H,2-6,8H2,1H3,(H2,16,20)(H,19,22). The second-order valence-corrected chi connectivity index (χ2v) is 5.68. The van der Waals surface area contributed by atoms with Crippen LogP contribution >= 0.6 is 0 Å². The maximum Gasteiger partial charge on any atom is 0.252 e. The molecule has 1 saturated heterocycles. The number of aryl methyl sites for hydroxylation is 1. The number of nitrogens with one attached hydrogen (secondary N) is 2. The van der Waals surface area contributed by atoms with Gasteiger partial charge in [-0.15, -0.1) is 0 Å². The summed E-state index contributed by atoms with van der Waals surface area (Å²) >= 11 is 0. The normalized spacial score (nSPS) is 16.0. The summed E-state index contributed by atoms with van der Waals surface area (Å²) in [5.41, 5.74) is 7.76. The Morgan fingerprint density at radius 2 is 2.27 bits per heavy atom. The Bertz CT molecular complexity index is 674. The maximum absolute atomic E-state index is 12.3. The summed E-state index contributed by atoms with van der Waals surface area (Å²) in [5, 5.41) is 6.32. The molecule has 3 rings (SSSR count). The number of pyridine rings is 1. The highest BCUT2D eigenvalue weighted by Crippen LogP contribution is 2.17. The van der Waals surface area contributed by atoms with Crippen LogP contribution in [0.4, 0.5) is 5.95 Å². The van der Waals surface area contributed by atoms with Crippen molar-refractivity contribution < 1.29 is 4.79 Å². The van der Waals surface area contributed by atoms with Crippen LogP contribution < -0.4 is 16.4 Å². The molecule has 0 aromatic carbocycles. The number of aromatic nitrogens is 3. The van der Waals surface area contributed by atoms with Crippen LogP contribution in [0.3, 0.4) is 0 Å². The molecule has 1 fully saturated rings. The van der Waals surface area contributed by atoms with Gasteiger partial charge >= 0.3 is 0 Å². The molecule has 0 saturated carbocycles. The van der Waals surface area contributed by atoms with Crippen LogP contribution in [0.25, 0.3) is 11.2 Å². The molecule has 0 aliphatic carbocycles. The summed E-state index contributed by atoms with van der Waals surface area (Å²) in [5.74, 6) is 0.881. The van der Waals surface area contributed by atoms with E-state index in [9.17, 15) is 4.79 Å². The van der Waals surface area contributed by atoms with Gasteiger partial charge in [0, 0.05) is 19.3 Å². The van der Waals surface area contributed by atoms with Gasteiger partial charge in [0.2, 0.25) is 5.95 Å². The van der Waals surface area contributed by atoms with E-state index in [1.807, 2.05) is 11.5 Å². The topological polar surface area (TPSA) is 97.9 Å². The Balaban J connectivity index is 1.71. The minimum Gasteiger partial charge on any atom is -0.369 e. The fourth-order valence-corrected chi connectivity index (χ4v) is 2.89. The fraction of sp³-hybridized carbons (Fsp3) is 0.533. The molecule has 22 heavy (non-hydrogen) atoms. The minimum atomic E-state index is -0.0995. The lowest BCUT2D eigenvalue weighted by molar-refractivity contribution is 0.0944. The Morgan fingerprint density at radius 1 is 1.50 bits per heavy atom. The number of fused-ring (bicyclic) bond motifs is 1. The van der Waals surface area contributed by atoms with Crippen molar-refractivity contribution in [1.82, 2.24) is 25.2 Å². The molecule has 0 spiro atoms. The number of amides is 1. The molecule has 118 valence electrons. The average molecular weight is 302 g/mol. The molecule has 3 heterocycles. The number of rotatable bonds is 4. The Labute approximate surface area is 129 Å². The van der Waals surface area contributed by atoms with Crippen LogP contribution in [-0.4, -0.2) is 40.1 Å². The largest absolute Gasteiger partial charge is 0.369 e. The Morgan fingerprint density at radius 3 is 3.00 bits per heavy atom. The van der Waals surface area contributed by atoms with E-state index in [2.05, 4.69) is 20.6 Å². The van der Waals surface area contributed by atoms with Crippen molar-refractivity contribution in [3.8, 4) is 0 Å². The highest BCUT2D eigenvalue weighted by Gasteiger charge is 2.16. The van der Waals surface area contributed by atoms with Crippen molar-refractivity contribution in [3.63, 3.8) is 0 Å². The second kappa shape index (κ2) is 6.31. The van der Waals surface area contributed by atoms with E-state index >= 15 is 0 Å². The molecule has 0 bridgehead atoms. The molecular formula is C15H22N6O. The van der Waals surface area contributed by atoms with Gasteiger partial charge in [0.15, 0.2) is 5.65 Å². The first-order valence-electron chi connectivity index (χ1n) is 7.79. The number of hydrogen-bond acceptors (Lipinski definition) is 5. The zero-order valence-corrected chi connectivity index (χ0v) is 12.8. The van der Waals surface area contributed by atoms with Gasteiger partial charge in [-0.1, -0.05) is 0 Å². The number of nitrogens with two attached hydrogens (primary N) is 1. The van der Waals surface area contributed by atoms with Crippen LogP contribution in [0, 0.1) is 5.92 Å². The van der Waals surface area contributed by atoms with Gasteiger partial charge in [-0.25, -0.2) is 9.97 Å². The van der Waals surface area contributed by atoms with Gasteiger partial charge in [-0.05, 0) is 44.8 Å². The third kappa shape index (κ3) is 2.89. The molecule has 2 aromatic heterocycles. The summed E-state index contributed by atoms with van der Waals surface area (Å²) < 4.78 is 1.83. The maximum atomic E-state index is 12.3. The smallest absolute Gasteiger partial charge is 0.252 e.